The number of thioether (sulfide) groups is 1. The lowest BCUT2D eigenvalue weighted by atomic mass is 10.1. The highest BCUT2D eigenvalue weighted by molar-refractivity contribution is 8.03. The molecule has 1 aromatic rings. The average molecular weight is 280 g/mol. The van der Waals surface area contributed by atoms with E-state index in [4.69, 9.17) is 9.52 Å². The Balaban J connectivity index is 1.79. The fourth-order valence-electron chi connectivity index (χ4n) is 1.85. The van der Waals surface area contributed by atoms with Crippen LogP contribution >= 0.6 is 11.8 Å². The molecular formula is C11H8N2O5S. The van der Waals surface area contributed by atoms with Gasteiger partial charge in [-0.2, -0.15) is 0 Å². The second-order valence-corrected chi connectivity index (χ2v) is 4.83. The van der Waals surface area contributed by atoms with Gasteiger partial charge in [-0.15, -0.1) is 0 Å². The fraction of sp³-hybridized carbons (Fsp3) is 0.182. The lowest BCUT2D eigenvalue weighted by Gasteiger charge is -2.36. The molecule has 3 rings (SSSR count). The molecule has 0 bridgehead atoms. The molecule has 1 aromatic heterocycles. The van der Waals surface area contributed by atoms with Crippen molar-refractivity contribution in [1.29, 1.82) is 0 Å². The number of rotatable bonds is 2. The van der Waals surface area contributed by atoms with E-state index < -0.39 is 6.16 Å². The van der Waals surface area contributed by atoms with Gasteiger partial charge >= 0.3 is 6.16 Å². The predicted octanol–water partition coefficient (Wildman–Crippen LogP) is 1.78. The smallest absolute Gasteiger partial charge is 0.449 e. The monoisotopic (exact) mass is 280 g/mol. The second-order valence-electron chi connectivity index (χ2n) is 3.88. The normalized spacial score (nSPS) is 23.1. The topological polar surface area (TPSA) is 92.9 Å². The van der Waals surface area contributed by atoms with Gasteiger partial charge in [0.1, 0.15) is 17.3 Å². The van der Waals surface area contributed by atoms with Gasteiger partial charge in [0.2, 0.25) is 5.88 Å². The molecule has 0 radical (unpaired) electrons. The van der Waals surface area contributed by atoms with E-state index in [-0.39, 0.29) is 17.2 Å². The maximum absolute atomic E-state index is 11.9. The molecule has 0 unspecified atom stereocenters. The molecule has 0 saturated carbocycles. The van der Waals surface area contributed by atoms with Crippen molar-refractivity contribution in [2.45, 2.75) is 12.3 Å². The highest BCUT2D eigenvalue weighted by Gasteiger charge is 2.49. The van der Waals surface area contributed by atoms with Crippen LogP contribution in [0, 0.1) is 6.92 Å². The number of hydrogen-bond donors (Lipinski definition) is 1. The third-order valence-corrected chi connectivity index (χ3v) is 3.69. The quantitative estimate of drug-likeness (QED) is 0.501. The molecule has 2 aliphatic rings. The van der Waals surface area contributed by atoms with E-state index in [9.17, 15) is 9.59 Å². The van der Waals surface area contributed by atoms with E-state index in [0.717, 1.165) is 0 Å². The third-order valence-electron chi connectivity index (χ3n) is 2.63. The molecule has 2 aliphatic heterocycles. The first-order chi connectivity index (χ1) is 9.06. The Morgan fingerprint density at radius 1 is 1.68 bits per heavy atom. The molecule has 1 atom stereocenters. The van der Waals surface area contributed by atoms with Gasteiger partial charge in [0.05, 0.1) is 5.57 Å². The molecule has 1 fully saturated rings. The van der Waals surface area contributed by atoms with E-state index in [1.807, 2.05) is 0 Å². The van der Waals surface area contributed by atoms with Gasteiger partial charge in [-0.05, 0) is 6.08 Å². The number of β-lactam (4-membered cyclic amide) rings is 1. The van der Waals surface area contributed by atoms with Crippen LogP contribution in [0.5, 0.6) is 0 Å². The number of oxazole rings is 1. The lowest BCUT2D eigenvalue weighted by molar-refractivity contribution is -0.133. The summed E-state index contributed by atoms with van der Waals surface area (Å²) in [4.78, 5) is 27.8. The van der Waals surface area contributed by atoms with Crippen molar-refractivity contribution >= 4 is 29.9 Å². The lowest BCUT2D eigenvalue weighted by Crippen LogP contribution is -2.50. The highest BCUT2D eigenvalue weighted by Crippen LogP contribution is 2.45. The zero-order valence-electron chi connectivity index (χ0n) is 9.69. The average Bonchev–Trinajstić information content (AvgIpc) is 2.90. The van der Waals surface area contributed by atoms with E-state index in [0.29, 0.717) is 17.2 Å². The van der Waals surface area contributed by atoms with E-state index in [2.05, 4.69) is 9.72 Å². The maximum Gasteiger partial charge on any atom is 0.512 e. The summed E-state index contributed by atoms with van der Waals surface area (Å²) >= 11 is 1.31. The number of nitrogens with zero attached hydrogens (tertiary/aromatic N) is 2. The van der Waals surface area contributed by atoms with Crippen LogP contribution in [0.3, 0.4) is 0 Å². The van der Waals surface area contributed by atoms with Gasteiger partial charge in [0, 0.05) is 12.3 Å². The Bertz CT molecular complexity index is 633. The van der Waals surface area contributed by atoms with Crippen LogP contribution in [0.25, 0.3) is 6.08 Å². The van der Waals surface area contributed by atoms with Crippen molar-refractivity contribution in [3.05, 3.63) is 34.7 Å². The standard InChI is InChI=1S/C11H8N2O5S/c1-5-12-6(3-17-5)2-7-9(14)13-8(18-11(15)16)4-19-10(7)13/h2-4,10H,1H3,(H,15,16)/b7-2-/t10-/m0/s1. The van der Waals surface area contributed by atoms with Crippen LogP contribution in [-0.2, 0) is 9.53 Å². The molecule has 98 valence electrons. The van der Waals surface area contributed by atoms with Crippen molar-refractivity contribution in [3.8, 4) is 0 Å². The zero-order valence-corrected chi connectivity index (χ0v) is 10.5. The molecule has 0 aromatic carbocycles. The number of aromatic nitrogens is 1. The van der Waals surface area contributed by atoms with Gasteiger partial charge in [-0.1, -0.05) is 11.8 Å². The van der Waals surface area contributed by atoms with Crippen LogP contribution in [-0.4, -0.2) is 32.4 Å². The highest BCUT2D eigenvalue weighted by atomic mass is 32.2. The summed E-state index contributed by atoms with van der Waals surface area (Å²) in [5.74, 6) is 0.270. The number of aryl methyl sites for hydroxylation is 1. The summed E-state index contributed by atoms with van der Waals surface area (Å²) in [7, 11) is 0. The number of hydrogen-bond acceptors (Lipinski definition) is 6. The molecule has 7 nitrogen and oxygen atoms in total. The Labute approximate surface area is 111 Å². The van der Waals surface area contributed by atoms with Crippen molar-refractivity contribution in [2.75, 3.05) is 0 Å². The molecule has 19 heavy (non-hydrogen) atoms. The molecule has 3 heterocycles. The Hall–Kier alpha value is -2.22. The van der Waals surface area contributed by atoms with Gasteiger partial charge in [0.15, 0.2) is 5.89 Å². The van der Waals surface area contributed by atoms with Gasteiger partial charge in [-0.25, -0.2) is 9.78 Å². The van der Waals surface area contributed by atoms with E-state index in [1.165, 1.54) is 28.3 Å². The van der Waals surface area contributed by atoms with E-state index in [1.54, 1.807) is 13.0 Å². The van der Waals surface area contributed by atoms with Crippen LogP contribution < -0.4 is 0 Å². The van der Waals surface area contributed by atoms with Crippen molar-refractivity contribution in [3.63, 3.8) is 0 Å². The number of fused-ring (bicyclic) bond motifs is 1. The number of carbonyl (C=O) groups excluding carboxylic acids is 1. The number of carbonyl (C=O) groups is 2. The van der Waals surface area contributed by atoms with Crippen molar-refractivity contribution in [2.24, 2.45) is 0 Å². The molecule has 1 N–H and O–H groups in total. The Kier molecular flexibility index (Phi) is 2.59. The first kappa shape index (κ1) is 11.8. The first-order valence-corrected chi connectivity index (χ1v) is 6.24. The molecule has 1 amide bonds. The Morgan fingerprint density at radius 2 is 2.47 bits per heavy atom. The minimum absolute atomic E-state index is 0.0426. The second kappa shape index (κ2) is 4.16. The van der Waals surface area contributed by atoms with Crippen LogP contribution in [0.15, 0.2) is 27.5 Å². The van der Waals surface area contributed by atoms with Gasteiger partial charge < -0.3 is 14.3 Å². The summed E-state index contributed by atoms with van der Waals surface area (Å²) in [5, 5.41) is 9.80. The predicted molar refractivity (Wildman–Crippen MR) is 64.6 cm³/mol. The summed E-state index contributed by atoms with van der Waals surface area (Å²) in [6.07, 6.45) is 1.65. The maximum atomic E-state index is 11.9. The summed E-state index contributed by atoms with van der Waals surface area (Å²) < 4.78 is 9.57. The van der Waals surface area contributed by atoms with Crippen LogP contribution in [0.1, 0.15) is 11.6 Å². The Morgan fingerprint density at radius 3 is 3.11 bits per heavy atom. The summed E-state index contributed by atoms with van der Waals surface area (Å²) in [6, 6.07) is 0. The molecular weight excluding hydrogens is 272 g/mol. The van der Waals surface area contributed by atoms with Crippen molar-refractivity contribution < 1.29 is 23.8 Å². The number of carboxylic acid groups (broad SMARTS) is 1. The SMILES string of the molecule is Cc1nc(/C=C2/C(=O)N3C(OC(=O)O)=CS[C@@H]23)co1. The first-order valence-electron chi connectivity index (χ1n) is 5.30. The van der Waals surface area contributed by atoms with Crippen molar-refractivity contribution in [1.82, 2.24) is 9.88 Å². The fourth-order valence-corrected chi connectivity index (χ4v) is 2.90. The third kappa shape index (κ3) is 1.89. The number of ether oxygens (including phenoxy) is 1. The van der Waals surface area contributed by atoms with Gasteiger partial charge in [-0.3, -0.25) is 9.69 Å². The molecule has 0 spiro atoms. The minimum atomic E-state index is -1.44. The molecule has 0 aliphatic carbocycles. The summed E-state index contributed by atoms with van der Waals surface area (Å²) in [5.41, 5.74) is 1.10. The van der Waals surface area contributed by atoms with E-state index >= 15 is 0 Å². The zero-order chi connectivity index (χ0) is 13.6. The van der Waals surface area contributed by atoms with Crippen LogP contribution in [0.2, 0.25) is 0 Å². The summed E-state index contributed by atoms with van der Waals surface area (Å²) in [6.45, 7) is 1.71. The largest absolute Gasteiger partial charge is 0.512 e. The molecule has 1 saturated heterocycles. The molecule has 8 heteroatoms. The minimum Gasteiger partial charge on any atom is -0.449 e. The number of amides is 1. The van der Waals surface area contributed by atoms with Crippen LogP contribution in [0.4, 0.5) is 4.79 Å². The van der Waals surface area contributed by atoms with Gasteiger partial charge in [0.25, 0.3) is 5.91 Å².